The fourth-order valence-corrected chi connectivity index (χ4v) is 7.08. The third-order valence-corrected chi connectivity index (χ3v) is 10.7. The number of carbonyl (C=O) groups excluding carboxylic acids is 2. The average molecular weight is 881 g/mol. The van der Waals surface area contributed by atoms with Crippen molar-refractivity contribution >= 4 is 19.8 Å². The molecule has 1 saturated carbocycles. The summed E-state index contributed by atoms with van der Waals surface area (Å²) in [6, 6.07) is 0. The molecule has 0 bridgehead atoms. The van der Waals surface area contributed by atoms with Gasteiger partial charge in [-0.1, -0.05) is 125 Å². The molecule has 0 amide bonds. The molecule has 1 aliphatic carbocycles. The van der Waals surface area contributed by atoms with Crippen molar-refractivity contribution in [3.63, 3.8) is 0 Å². The van der Waals surface area contributed by atoms with Crippen LogP contribution in [0.5, 0.6) is 0 Å². The van der Waals surface area contributed by atoms with Crippen molar-refractivity contribution in [3.8, 4) is 0 Å². The van der Waals surface area contributed by atoms with Crippen molar-refractivity contribution in [2.75, 3.05) is 13.2 Å². The molecule has 1 fully saturated rings. The molecule has 0 aromatic carbocycles. The van der Waals surface area contributed by atoms with Crippen LogP contribution in [0.4, 0.5) is 0 Å². The van der Waals surface area contributed by atoms with Gasteiger partial charge in [-0.15, -0.1) is 0 Å². The summed E-state index contributed by atoms with van der Waals surface area (Å²) < 4.78 is 33.4. The van der Waals surface area contributed by atoms with E-state index in [0.717, 1.165) is 83.5 Å². The Hall–Kier alpha value is -2.97. The molecule has 0 heterocycles. The van der Waals surface area contributed by atoms with E-state index in [2.05, 4.69) is 98.9 Å². The Kier molecular flexibility index (Phi) is 33.5. The van der Waals surface area contributed by atoms with Crippen LogP contribution in [0.15, 0.2) is 85.1 Å². The number of hydrogen-bond acceptors (Lipinski definition) is 12. The predicted octanol–water partition coefficient (Wildman–Crippen LogP) is 8.50. The number of aliphatic hydroxyl groups is 5. The largest absolute Gasteiger partial charge is 0.472 e. The van der Waals surface area contributed by atoms with E-state index < -0.39 is 75.7 Å². The first-order valence-electron chi connectivity index (χ1n) is 22.4. The summed E-state index contributed by atoms with van der Waals surface area (Å²) in [6.07, 6.45) is 33.5. The van der Waals surface area contributed by atoms with Crippen LogP contribution in [0.25, 0.3) is 0 Å². The van der Waals surface area contributed by atoms with E-state index in [0.29, 0.717) is 12.8 Å². The average Bonchev–Trinajstić information content (AvgIpc) is 3.24. The number of hydrogen-bond donors (Lipinski definition) is 6. The molecule has 13 nitrogen and oxygen atoms in total. The number of unbranched alkanes of at least 4 members (excludes halogenated alkanes) is 9. The van der Waals surface area contributed by atoms with Gasteiger partial charge in [0.1, 0.15) is 43.2 Å². The zero-order valence-corrected chi connectivity index (χ0v) is 37.6. The van der Waals surface area contributed by atoms with Gasteiger partial charge in [0, 0.05) is 12.8 Å². The van der Waals surface area contributed by atoms with Gasteiger partial charge < -0.3 is 39.9 Å². The number of ether oxygens (including phenoxy) is 2. The summed E-state index contributed by atoms with van der Waals surface area (Å²) in [5.74, 6) is -1.18. The Balaban J connectivity index is 2.53. The zero-order chi connectivity index (χ0) is 45.0. The van der Waals surface area contributed by atoms with Crippen molar-refractivity contribution in [1.29, 1.82) is 0 Å². The normalized spacial score (nSPS) is 22.8. The molecule has 0 spiro atoms. The third kappa shape index (κ3) is 29.1. The Morgan fingerprint density at radius 2 is 0.934 bits per heavy atom. The van der Waals surface area contributed by atoms with Gasteiger partial charge in [0.15, 0.2) is 6.10 Å². The second kappa shape index (κ2) is 36.5. The Labute approximate surface area is 365 Å². The van der Waals surface area contributed by atoms with E-state index >= 15 is 0 Å². The maximum absolute atomic E-state index is 12.8. The lowest BCUT2D eigenvalue weighted by molar-refractivity contribution is -0.220. The van der Waals surface area contributed by atoms with Crippen LogP contribution >= 0.6 is 7.82 Å². The lowest BCUT2D eigenvalue weighted by atomic mass is 9.85. The highest BCUT2D eigenvalue weighted by molar-refractivity contribution is 7.47. The molecule has 348 valence electrons. The summed E-state index contributed by atoms with van der Waals surface area (Å²) in [6.45, 7) is 3.08. The van der Waals surface area contributed by atoms with Crippen LogP contribution in [0.2, 0.25) is 0 Å². The maximum atomic E-state index is 12.8. The maximum Gasteiger partial charge on any atom is 0.472 e. The highest BCUT2D eigenvalue weighted by atomic mass is 31.2. The SMILES string of the molecule is CC/C=C\C/C=C\C/C=C\C/C=C\CCCCC(=O)OC[C@H](COP(=O)(O)OC1C(O)C(O)C(O)[C@@H](O)C1O)OC(=O)CCCCCC/C=C\C/C=C\C/C=C\CCCCC. The summed E-state index contributed by atoms with van der Waals surface area (Å²) in [4.78, 5) is 35.6. The molecular formula is C47H77O13P. The molecule has 0 aromatic heterocycles. The van der Waals surface area contributed by atoms with Crippen molar-refractivity contribution in [3.05, 3.63) is 85.1 Å². The molecule has 1 rings (SSSR count). The van der Waals surface area contributed by atoms with Gasteiger partial charge in [0.25, 0.3) is 0 Å². The highest BCUT2D eigenvalue weighted by Gasteiger charge is 2.51. The minimum atomic E-state index is -5.14. The number of aliphatic hydroxyl groups excluding tert-OH is 5. The second-order valence-electron chi connectivity index (χ2n) is 15.2. The summed E-state index contributed by atoms with van der Waals surface area (Å²) in [5, 5.41) is 50.1. The van der Waals surface area contributed by atoms with E-state index in [9.17, 15) is 44.6 Å². The minimum Gasteiger partial charge on any atom is -0.462 e. The quantitative estimate of drug-likeness (QED) is 0.0153. The number of carbonyl (C=O) groups is 2. The molecule has 0 radical (unpaired) electrons. The van der Waals surface area contributed by atoms with E-state index in [1.54, 1.807) is 0 Å². The van der Waals surface area contributed by atoms with Gasteiger partial charge in [-0.2, -0.15) is 0 Å². The van der Waals surface area contributed by atoms with Crippen molar-refractivity contribution in [2.45, 2.75) is 185 Å². The molecule has 61 heavy (non-hydrogen) atoms. The molecule has 14 heteroatoms. The fourth-order valence-electron chi connectivity index (χ4n) is 6.11. The van der Waals surface area contributed by atoms with Crippen LogP contribution < -0.4 is 0 Å². The van der Waals surface area contributed by atoms with Gasteiger partial charge in [-0.3, -0.25) is 18.6 Å². The molecule has 0 aliphatic heterocycles. The monoisotopic (exact) mass is 881 g/mol. The molecule has 8 atom stereocenters. The lowest BCUT2D eigenvalue weighted by Gasteiger charge is -2.41. The first-order chi connectivity index (χ1) is 29.4. The first kappa shape index (κ1) is 56.0. The number of allylic oxidation sites excluding steroid dienone is 14. The van der Waals surface area contributed by atoms with E-state index in [-0.39, 0.29) is 12.8 Å². The van der Waals surface area contributed by atoms with E-state index in [1.807, 2.05) is 0 Å². The molecular weight excluding hydrogens is 803 g/mol. The van der Waals surface area contributed by atoms with Gasteiger partial charge in [0.05, 0.1) is 6.61 Å². The summed E-state index contributed by atoms with van der Waals surface area (Å²) in [5.41, 5.74) is 0. The number of esters is 2. The van der Waals surface area contributed by atoms with Crippen molar-refractivity contribution < 1.29 is 63.1 Å². The number of phosphoric acid groups is 1. The fraction of sp³-hybridized carbons (Fsp3) is 0.660. The summed E-state index contributed by atoms with van der Waals surface area (Å²) >= 11 is 0. The highest BCUT2D eigenvalue weighted by Crippen LogP contribution is 2.47. The zero-order valence-electron chi connectivity index (χ0n) is 36.7. The minimum absolute atomic E-state index is 0.0568. The van der Waals surface area contributed by atoms with Crippen LogP contribution in [-0.4, -0.2) is 98.3 Å². The molecule has 1 aliphatic rings. The van der Waals surface area contributed by atoms with Crippen LogP contribution in [0.1, 0.15) is 142 Å². The van der Waals surface area contributed by atoms with E-state index in [1.165, 1.54) is 19.3 Å². The lowest BCUT2D eigenvalue weighted by Crippen LogP contribution is -2.64. The Bertz CT molecular complexity index is 1390. The smallest absolute Gasteiger partial charge is 0.462 e. The first-order valence-corrected chi connectivity index (χ1v) is 23.9. The molecule has 0 saturated heterocycles. The van der Waals surface area contributed by atoms with Crippen LogP contribution in [-0.2, 0) is 32.7 Å². The predicted molar refractivity (Wildman–Crippen MR) is 239 cm³/mol. The van der Waals surface area contributed by atoms with Gasteiger partial charge in [-0.05, 0) is 89.9 Å². The third-order valence-electron chi connectivity index (χ3n) is 9.72. The van der Waals surface area contributed by atoms with Gasteiger partial charge in [-0.25, -0.2) is 4.57 Å². The second-order valence-corrected chi connectivity index (χ2v) is 16.6. The molecule has 0 aromatic rings. The Morgan fingerprint density at radius 1 is 0.525 bits per heavy atom. The summed E-state index contributed by atoms with van der Waals surface area (Å²) in [7, 11) is -5.14. The topological polar surface area (TPSA) is 210 Å². The Morgan fingerprint density at radius 3 is 1.44 bits per heavy atom. The van der Waals surface area contributed by atoms with Crippen molar-refractivity contribution in [1.82, 2.24) is 0 Å². The van der Waals surface area contributed by atoms with Gasteiger partial charge in [0.2, 0.25) is 0 Å². The van der Waals surface area contributed by atoms with Crippen LogP contribution in [0.3, 0.4) is 0 Å². The van der Waals surface area contributed by atoms with Gasteiger partial charge >= 0.3 is 19.8 Å². The molecule has 6 unspecified atom stereocenters. The van der Waals surface area contributed by atoms with E-state index in [4.69, 9.17) is 18.5 Å². The number of phosphoric ester groups is 1. The molecule has 6 N–H and O–H groups in total. The van der Waals surface area contributed by atoms with Crippen molar-refractivity contribution in [2.24, 2.45) is 0 Å². The van der Waals surface area contributed by atoms with Crippen LogP contribution in [0, 0.1) is 0 Å². The number of rotatable bonds is 35. The standard InChI is InChI=1S/C47H77O13P/c1-3-5-7-9-11-13-15-17-19-20-22-24-26-28-30-32-34-36-41(49)59-39(38-58-61(55,56)60-47-45(53)43(51)42(50)44(52)46(47)54)37-57-40(48)35-33-31-29-27-25-23-21-18-16-14-12-10-8-6-4-2/h6,8,11-14,17-19,21-22,24-25,27,39,42-47,50-54H,3-5,7,9-10,15-16,20,23,26,28-38H2,1-2H3,(H,55,56)/b8-6-,13-11-,14-12-,19-17-,21-18-,24-22-,27-25-/t39-,42?,43-,44?,45?,46?,47?/m1/s1.